The molecule has 0 bridgehead atoms. The molecule has 10 heteroatoms. The van der Waals surface area contributed by atoms with Crippen LogP contribution in [0.1, 0.15) is 56.6 Å². The summed E-state index contributed by atoms with van der Waals surface area (Å²) >= 11 is 12.3. The molecule has 1 N–H and O–H groups in total. The largest absolute Gasteiger partial charge is 0.352 e. The van der Waals surface area contributed by atoms with E-state index in [2.05, 4.69) is 5.32 Å². The number of hydrogen-bond donors (Lipinski definition) is 1. The van der Waals surface area contributed by atoms with Crippen molar-refractivity contribution in [2.45, 2.75) is 75.9 Å². The molecule has 0 spiro atoms. The highest BCUT2D eigenvalue weighted by molar-refractivity contribution is 7.92. The number of nitrogens with one attached hydrogen (secondary N) is 1. The van der Waals surface area contributed by atoms with E-state index >= 15 is 0 Å². The van der Waals surface area contributed by atoms with E-state index in [0.717, 1.165) is 47.5 Å². The molecule has 1 saturated carbocycles. The molecule has 0 radical (unpaired) electrons. The minimum absolute atomic E-state index is 0.0211. The maximum absolute atomic E-state index is 14.2. The highest BCUT2D eigenvalue weighted by Gasteiger charge is 2.34. The van der Waals surface area contributed by atoms with Crippen LogP contribution in [0.4, 0.5) is 5.69 Å². The summed E-state index contributed by atoms with van der Waals surface area (Å²) in [6.07, 6.45) is 5.47. The first kappa shape index (κ1) is 31.9. The van der Waals surface area contributed by atoms with Crippen LogP contribution >= 0.6 is 23.2 Å². The van der Waals surface area contributed by atoms with E-state index in [9.17, 15) is 18.0 Å². The Morgan fingerprint density at radius 3 is 2.26 bits per heavy atom. The van der Waals surface area contributed by atoms with Gasteiger partial charge in [-0.1, -0.05) is 79.7 Å². The fourth-order valence-electron chi connectivity index (χ4n) is 5.33. The summed E-state index contributed by atoms with van der Waals surface area (Å²) < 4.78 is 28.9. The van der Waals surface area contributed by atoms with Crippen LogP contribution in [-0.2, 0) is 26.2 Å². The Hall–Kier alpha value is -3.07. The fraction of sp³-hybridized carbons (Fsp3) is 0.375. The maximum atomic E-state index is 14.2. The molecular formula is C32H37Cl2N3O4S. The quantitative estimate of drug-likeness (QED) is 0.254. The van der Waals surface area contributed by atoms with Crippen molar-refractivity contribution in [1.82, 2.24) is 10.2 Å². The normalized spacial score (nSPS) is 14.7. The molecule has 7 nitrogen and oxygen atoms in total. The zero-order valence-electron chi connectivity index (χ0n) is 23.9. The Kier molecular flexibility index (Phi) is 10.9. The summed E-state index contributed by atoms with van der Waals surface area (Å²) in [4.78, 5) is 29.4. The third kappa shape index (κ3) is 7.85. The van der Waals surface area contributed by atoms with Crippen molar-refractivity contribution in [3.8, 4) is 0 Å². The minimum Gasteiger partial charge on any atom is -0.352 e. The number of anilines is 1. The smallest absolute Gasteiger partial charge is 0.264 e. The van der Waals surface area contributed by atoms with E-state index in [0.29, 0.717) is 16.5 Å². The lowest BCUT2D eigenvalue weighted by Crippen LogP contribution is -2.54. The Labute approximate surface area is 258 Å². The van der Waals surface area contributed by atoms with E-state index in [1.807, 2.05) is 38.1 Å². The SMILES string of the molecule is CCC(C(=O)NC1CCCCC1)N(Cc1ccccc1C)C(=O)CN(c1cccc(Cl)c1)S(=O)(=O)c1ccc(Cl)cc1. The van der Waals surface area contributed by atoms with Gasteiger partial charge >= 0.3 is 0 Å². The van der Waals surface area contributed by atoms with Gasteiger partial charge < -0.3 is 10.2 Å². The number of carbonyl (C=O) groups is 2. The van der Waals surface area contributed by atoms with Crippen molar-refractivity contribution in [3.63, 3.8) is 0 Å². The molecular weight excluding hydrogens is 593 g/mol. The Bertz CT molecular complexity index is 1490. The average Bonchev–Trinajstić information content (AvgIpc) is 2.97. The lowest BCUT2D eigenvalue weighted by atomic mass is 9.95. The van der Waals surface area contributed by atoms with Crippen LogP contribution < -0.4 is 9.62 Å². The predicted molar refractivity (Wildman–Crippen MR) is 168 cm³/mol. The van der Waals surface area contributed by atoms with E-state index in [-0.39, 0.29) is 29.1 Å². The molecule has 1 atom stereocenters. The van der Waals surface area contributed by atoms with Gasteiger partial charge in [-0.25, -0.2) is 8.42 Å². The topological polar surface area (TPSA) is 86.8 Å². The molecule has 1 aliphatic carbocycles. The minimum atomic E-state index is -4.20. The van der Waals surface area contributed by atoms with Crippen molar-refractivity contribution in [2.24, 2.45) is 0 Å². The zero-order chi connectivity index (χ0) is 30.3. The van der Waals surface area contributed by atoms with E-state index < -0.39 is 28.5 Å². The Morgan fingerprint density at radius 1 is 0.929 bits per heavy atom. The van der Waals surface area contributed by atoms with Gasteiger partial charge in [0.05, 0.1) is 10.6 Å². The number of amides is 2. The van der Waals surface area contributed by atoms with Crippen molar-refractivity contribution in [1.29, 1.82) is 0 Å². The molecule has 2 amide bonds. The summed E-state index contributed by atoms with van der Waals surface area (Å²) in [6.45, 7) is 3.45. The second-order valence-corrected chi connectivity index (χ2v) is 13.4. The zero-order valence-corrected chi connectivity index (χ0v) is 26.3. The predicted octanol–water partition coefficient (Wildman–Crippen LogP) is 6.75. The standard InChI is InChI=1S/C32H37Cl2N3O4S/c1-3-30(32(39)35-27-13-5-4-6-14-27)36(21-24-11-8-7-10-23(24)2)31(38)22-37(28-15-9-12-26(34)20-28)42(40,41)29-18-16-25(33)17-19-29/h7-12,15-20,27,30H,3-6,13-14,21-22H2,1-2H3,(H,35,39). The molecule has 3 aromatic carbocycles. The second kappa shape index (κ2) is 14.4. The van der Waals surface area contributed by atoms with Crippen LogP contribution in [0.25, 0.3) is 0 Å². The lowest BCUT2D eigenvalue weighted by molar-refractivity contribution is -0.140. The highest BCUT2D eigenvalue weighted by atomic mass is 35.5. The number of rotatable bonds is 11. The van der Waals surface area contributed by atoms with Crippen LogP contribution in [0.5, 0.6) is 0 Å². The summed E-state index contributed by atoms with van der Waals surface area (Å²) in [7, 11) is -4.20. The van der Waals surface area contributed by atoms with Crippen LogP contribution in [0.3, 0.4) is 0 Å². The van der Waals surface area contributed by atoms with Crippen LogP contribution in [0.2, 0.25) is 10.0 Å². The summed E-state index contributed by atoms with van der Waals surface area (Å²) in [6, 6.07) is 19.1. The molecule has 224 valence electrons. The van der Waals surface area contributed by atoms with Crippen LogP contribution in [-0.4, -0.2) is 43.8 Å². The number of benzene rings is 3. The molecule has 3 aromatic rings. The second-order valence-electron chi connectivity index (χ2n) is 10.7. The van der Waals surface area contributed by atoms with Gasteiger partial charge in [0.25, 0.3) is 10.0 Å². The first-order valence-corrected chi connectivity index (χ1v) is 16.5. The Morgan fingerprint density at radius 2 is 1.62 bits per heavy atom. The van der Waals surface area contributed by atoms with Gasteiger partial charge in [0.1, 0.15) is 12.6 Å². The van der Waals surface area contributed by atoms with Gasteiger partial charge in [0, 0.05) is 22.6 Å². The van der Waals surface area contributed by atoms with Gasteiger partial charge in [0.2, 0.25) is 11.8 Å². The molecule has 0 saturated heterocycles. The number of nitrogens with zero attached hydrogens (tertiary/aromatic N) is 2. The Balaban J connectivity index is 1.71. The molecule has 1 unspecified atom stereocenters. The molecule has 1 fully saturated rings. The number of hydrogen-bond acceptors (Lipinski definition) is 4. The average molecular weight is 631 g/mol. The van der Waals surface area contributed by atoms with Crippen molar-refractivity contribution < 1.29 is 18.0 Å². The van der Waals surface area contributed by atoms with Crippen LogP contribution in [0.15, 0.2) is 77.7 Å². The number of aryl methyl sites for hydroxylation is 1. The van der Waals surface area contributed by atoms with Crippen molar-refractivity contribution in [3.05, 3.63) is 94.0 Å². The number of sulfonamides is 1. The lowest BCUT2D eigenvalue weighted by Gasteiger charge is -2.34. The third-order valence-corrected chi connectivity index (χ3v) is 9.99. The van der Waals surface area contributed by atoms with Gasteiger partial charge in [-0.05, 0) is 79.8 Å². The molecule has 4 rings (SSSR count). The first-order valence-electron chi connectivity index (χ1n) is 14.3. The van der Waals surface area contributed by atoms with Gasteiger partial charge in [-0.3, -0.25) is 13.9 Å². The van der Waals surface area contributed by atoms with Gasteiger partial charge in [-0.15, -0.1) is 0 Å². The monoisotopic (exact) mass is 629 g/mol. The molecule has 42 heavy (non-hydrogen) atoms. The first-order chi connectivity index (χ1) is 20.1. The van der Waals surface area contributed by atoms with E-state index in [4.69, 9.17) is 23.2 Å². The van der Waals surface area contributed by atoms with Crippen LogP contribution in [0, 0.1) is 6.92 Å². The maximum Gasteiger partial charge on any atom is 0.264 e. The molecule has 0 aliphatic heterocycles. The molecule has 1 aliphatic rings. The summed E-state index contributed by atoms with van der Waals surface area (Å²) in [5.41, 5.74) is 2.09. The summed E-state index contributed by atoms with van der Waals surface area (Å²) in [5.74, 6) is -0.720. The molecule has 0 aromatic heterocycles. The molecule has 0 heterocycles. The van der Waals surface area contributed by atoms with E-state index in [1.165, 1.54) is 35.2 Å². The summed E-state index contributed by atoms with van der Waals surface area (Å²) in [5, 5.41) is 3.88. The van der Waals surface area contributed by atoms with Gasteiger partial charge in [-0.2, -0.15) is 0 Å². The van der Waals surface area contributed by atoms with E-state index in [1.54, 1.807) is 18.2 Å². The third-order valence-electron chi connectivity index (χ3n) is 7.72. The fourth-order valence-corrected chi connectivity index (χ4v) is 7.05. The number of carbonyl (C=O) groups excluding carboxylic acids is 2. The van der Waals surface area contributed by atoms with Crippen molar-refractivity contribution >= 4 is 50.7 Å². The van der Waals surface area contributed by atoms with Crippen molar-refractivity contribution in [2.75, 3.05) is 10.8 Å². The number of halogens is 2. The van der Waals surface area contributed by atoms with Gasteiger partial charge in [0.15, 0.2) is 0 Å². The highest BCUT2D eigenvalue weighted by Crippen LogP contribution is 2.28.